The summed E-state index contributed by atoms with van der Waals surface area (Å²) in [4.78, 5) is 14.8. The van der Waals surface area contributed by atoms with Crippen molar-refractivity contribution in [2.24, 2.45) is 0 Å². The summed E-state index contributed by atoms with van der Waals surface area (Å²) in [5.74, 6) is -0.883. The predicted molar refractivity (Wildman–Crippen MR) is 96.0 cm³/mol. The molecule has 1 aliphatic heterocycles. The number of hydrogen-bond acceptors (Lipinski definition) is 2. The van der Waals surface area contributed by atoms with Gasteiger partial charge in [0.1, 0.15) is 5.60 Å². The minimum absolute atomic E-state index is 0.0876. The molecule has 1 unspecified atom stereocenters. The summed E-state index contributed by atoms with van der Waals surface area (Å²) in [5.41, 5.74) is 1.80. The third-order valence-corrected chi connectivity index (χ3v) is 5.02. The smallest absolute Gasteiger partial charge is 0.306 e. The normalized spacial score (nSPS) is 20.6. The van der Waals surface area contributed by atoms with Crippen molar-refractivity contribution in [1.29, 1.82) is 0 Å². The van der Waals surface area contributed by atoms with E-state index in [0.717, 1.165) is 28.6 Å². The number of aromatic amines is 1. The average Bonchev–Trinajstić information content (AvgIpc) is 2.88. The van der Waals surface area contributed by atoms with E-state index in [1.807, 2.05) is 25.1 Å². The van der Waals surface area contributed by atoms with Crippen molar-refractivity contribution in [1.82, 2.24) is 4.98 Å². The Morgan fingerprint density at radius 1 is 1.46 bits per heavy atom. The topological polar surface area (TPSA) is 62.3 Å². The molecule has 0 amide bonds. The number of benzene rings is 1. The molecular formula is C18H19Cl2NO3. The zero-order chi connectivity index (χ0) is 17.3. The zero-order valence-electron chi connectivity index (χ0n) is 13.4. The highest BCUT2D eigenvalue weighted by Gasteiger charge is 2.41. The van der Waals surface area contributed by atoms with Gasteiger partial charge in [-0.25, -0.2) is 0 Å². The van der Waals surface area contributed by atoms with Crippen LogP contribution in [0, 0.1) is 0 Å². The van der Waals surface area contributed by atoms with E-state index in [-0.39, 0.29) is 6.42 Å². The van der Waals surface area contributed by atoms with Crippen molar-refractivity contribution in [2.75, 3.05) is 6.61 Å². The molecule has 2 heterocycles. The molecule has 2 N–H and O–H groups in total. The Bertz CT molecular complexity index is 812. The first-order chi connectivity index (χ1) is 11.5. The maximum atomic E-state index is 11.5. The molecule has 1 aromatic heterocycles. The molecule has 0 saturated carbocycles. The summed E-state index contributed by atoms with van der Waals surface area (Å²) in [5, 5.41) is 11.5. The Hall–Kier alpha value is -1.49. The molecule has 0 saturated heterocycles. The van der Waals surface area contributed by atoms with Crippen LogP contribution >= 0.6 is 23.2 Å². The number of carboxylic acids is 1. The van der Waals surface area contributed by atoms with Crippen LogP contribution in [-0.2, 0) is 21.6 Å². The van der Waals surface area contributed by atoms with Crippen LogP contribution in [0.5, 0.6) is 0 Å². The molecule has 2 aromatic rings. The maximum absolute atomic E-state index is 11.5. The number of allylic oxidation sites excluding steroid dienone is 2. The Morgan fingerprint density at radius 2 is 2.25 bits per heavy atom. The number of halogens is 2. The predicted octanol–water partition coefficient (Wildman–Crippen LogP) is 5.07. The van der Waals surface area contributed by atoms with Gasteiger partial charge in [0.25, 0.3) is 0 Å². The second-order valence-electron chi connectivity index (χ2n) is 6.06. The lowest BCUT2D eigenvalue weighted by atomic mass is 9.84. The fourth-order valence-corrected chi connectivity index (χ4v) is 4.04. The second kappa shape index (κ2) is 6.79. The van der Waals surface area contributed by atoms with Crippen LogP contribution in [0.25, 0.3) is 10.9 Å². The molecule has 128 valence electrons. The average molecular weight is 368 g/mol. The molecular weight excluding hydrogens is 349 g/mol. The van der Waals surface area contributed by atoms with E-state index in [4.69, 9.17) is 27.9 Å². The first kappa shape index (κ1) is 17.3. The third-order valence-electron chi connectivity index (χ3n) is 4.51. The molecule has 0 aliphatic carbocycles. The van der Waals surface area contributed by atoms with E-state index in [0.29, 0.717) is 29.5 Å². The lowest BCUT2D eigenvalue weighted by Crippen LogP contribution is -2.37. The quantitative estimate of drug-likeness (QED) is 0.724. The van der Waals surface area contributed by atoms with Gasteiger partial charge in [-0.1, -0.05) is 35.4 Å². The minimum Gasteiger partial charge on any atom is -0.481 e. The van der Waals surface area contributed by atoms with E-state index in [9.17, 15) is 9.90 Å². The number of ether oxygens (including phenoxy) is 1. The Balaban J connectivity index is 2.17. The van der Waals surface area contributed by atoms with Gasteiger partial charge in [0.15, 0.2) is 0 Å². The van der Waals surface area contributed by atoms with Crippen LogP contribution < -0.4 is 0 Å². The summed E-state index contributed by atoms with van der Waals surface area (Å²) in [7, 11) is 0. The number of carbonyl (C=O) groups is 1. The molecule has 1 atom stereocenters. The van der Waals surface area contributed by atoms with Crippen LogP contribution in [0.1, 0.15) is 37.4 Å². The molecule has 4 nitrogen and oxygen atoms in total. The lowest BCUT2D eigenvalue weighted by Gasteiger charge is -2.36. The van der Waals surface area contributed by atoms with Gasteiger partial charge in [0, 0.05) is 10.4 Å². The number of H-pyrrole nitrogens is 1. The molecule has 6 heteroatoms. The van der Waals surface area contributed by atoms with Crippen LogP contribution in [0.15, 0.2) is 24.3 Å². The highest BCUT2D eigenvalue weighted by atomic mass is 35.5. The van der Waals surface area contributed by atoms with Gasteiger partial charge < -0.3 is 14.8 Å². The fraction of sp³-hybridized carbons (Fsp3) is 0.389. The highest BCUT2D eigenvalue weighted by molar-refractivity contribution is 6.38. The molecule has 0 fully saturated rings. The Labute approximate surface area is 150 Å². The van der Waals surface area contributed by atoms with E-state index < -0.39 is 11.6 Å². The van der Waals surface area contributed by atoms with E-state index in [1.165, 1.54) is 0 Å². The number of hydrogen-bond donors (Lipinski definition) is 2. The van der Waals surface area contributed by atoms with Gasteiger partial charge in [0.05, 0.1) is 29.3 Å². The molecule has 24 heavy (non-hydrogen) atoms. The highest BCUT2D eigenvalue weighted by Crippen LogP contribution is 2.44. The Kier molecular flexibility index (Phi) is 4.90. The number of aliphatic carboxylic acids is 1. The summed E-state index contributed by atoms with van der Waals surface area (Å²) >= 11 is 12.5. The van der Waals surface area contributed by atoms with Crippen LogP contribution in [0.4, 0.5) is 0 Å². The standard InChI is InChI=1S/C18H19Cl2NO3/c1-2-3-4-6-18(10-15(22)23)17-12(5-7-24-18)13-8-11(19)9-14(20)16(13)21-17/h2-3,8-9,21H,4-7,10H2,1H3,(H,22,23). The van der Waals surface area contributed by atoms with Crippen molar-refractivity contribution in [3.8, 4) is 0 Å². The SMILES string of the molecule is CC=CCCC1(CC(=O)O)OCCc2c1[nH]c1c(Cl)cc(Cl)cc21. The van der Waals surface area contributed by atoms with Crippen molar-refractivity contribution in [3.05, 3.63) is 45.6 Å². The number of carboxylic acid groups (broad SMARTS) is 1. The van der Waals surface area contributed by atoms with Crippen molar-refractivity contribution in [2.45, 2.75) is 38.2 Å². The maximum Gasteiger partial charge on any atom is 0.306 e. The largest absolute Gasteiger partial charge is 0.481 e. The fourth-order valence-electron chi connectivity index (χ4n) is 3.50. The summed E-state index contributed by atoms with van der Waals surface area (Å²) in [6.45, 7) is 2.43. The summed E-state index contributed by atoms with van der Waals surface area (Å²) in [6.07, 6.45) is 5.93. The van der Waals surface area contributed by atoms with Crippen LogP contribution in [0.2, 0.25) is 10.0 Å². The first-order valence-corrected chi connectivity index (χ1v) is 8.69. The molecule has 0 bridgehead atoms. The number of fused-ring (bicyclic) bond motifs is 3. The summed E-state index contributed by atoms with van der Waals surface area (Å²) in [6, 6.07) is 3.56. The number of nitrogens with one attached hydrogen (secondary N) is 1. The van der Waals surface area contributed by atoms with Gasteiger partial charge in [-0.05, 0) is 43.9 Å². The monoisotopic (exact) mass is 367 g/mol. The van der Waals surface area contributed by atoms with Gasteiger partial charge in [-0.2, -0.15) is 0 Å². The van der Waals surface area contributed by atoms with E-state index >= 15 is 0 Å². The van der Waals surface area contributed by atoms with Gasteiger partial charge in [-0.15, -0.1) is 0 Å². The minimum atomic E-state index is -0.883. The Morgan fingerprint density at radius 3 is 2.96 bits per heavy atom. The van der Waals surface area contributed by atoms with Crippen LogP contribution in [-0.4, -0.2) is 22.7 Å². The number of rotatable bonds is 5. The van der Waals surface area contributed by atoms with Gasteiger partial charge >= 0.3 is 5.97 Å². The molecule has 0 spiro atoms. The van der Waals surface area contributed by atoms with Gasteiger partial charge in [-0.3, -0.25) is 4.79 Å². The number of aromatic nitrogens is 1. The van der Waals surface area contributed by atoms with Crippen LogP contribution in [0.3, 0.4) is 0 Å². The summed E-state index contributed by atoms with van der Waals surface area (Å²) < 4.78 is 6.03. The molecule has 1 aromatic carbocycles. The van der Waals surface area contributed by atoms with Crippen molar-refractivity contribution < 1.29 is 14.6 Å². The second-order valence-corrected chi connectivity index (χ2v) is 6.90. The zero-order valence-corrected chi connectivity index (χ0v) is 14.9. The van der Waals surface area contributed by atoms with Crippen molar-refractivity contribution >= 4 is 40.1 Å². The molecule has 3 rings (SSSR count). The third kappa shape index (κ3) is 3.06. The van der Waals surface area contributed by atoms with Gasteiger partial charge in [0.2, 0.25) is 0 Å². The van der Waals surface area contributed by atoms with Crippen molar-refractivity contribution in [3.63, 3.8) is 0 Å². The molecule has 1 aliphatic rings. The van der Waals surface area contributed by atoms with E-state index in [2.05, 4.69) is 4.98 Å². The molecule has 0 radical (unpaired) electrons. The first-order valence-electron chi connectivity index (χ1n) is 7.94. The lowest BCUT2D eigenvalue weighted by molar-refractivity contribution is -0.149. The van der Waals surface area contributed by atoms with E-state index in [1.54, 1.807) is 6.07 Å².